The second-order valence-corrected chi connectivity index (χ2v) is 8.02. The van der Waals surface area contributed by atoms with Gasteiger partial charge in [0.2, 0.25) is 10.0 Å². The normalized spacial score (nSPS) is 17.2. The number of methoxy groups -OCH3 is 1. The van der Waals surface area contributed by atoms with Crippen LogP contribution < -0.4 is 5.32 Å². The Morgan fingerprint density at radius 2 is 1.92 bits per heavy atom. The van der Waals surface area contributed by atoms with E-state index < -0.39 is 16.0 Å². The molecule has 8 heteroatoms. The van der Waals surface area contributed by atoms with Crippen molar-refractivity contribution in [1.29, 1.82) is 0 Å². The van der Waals surface area contributed by atoms with E-state index in [4.69, 9.17) is 9.15 Å². The second-order valence-electron chi connectivity index (χ2n) is 6.15. The number of carbonyl (C=O) groups is 1. The Kier molecular flexibility index (Phi) is 6.06. The number of hydrogen-bond acceptors (Lipinski definition) is 6. The van der Waals surface area contributed by atoms with E-state index in [-0.39, 0.29) is 22.0 Å². The summed E-state index contributed by atoms with van der Waals surface area (Å²) >= 11 is 0. The summed E-state index contributed by atoms with van der Waals surface area (Å²) in [7, 11) is -0.634. The monoisotopic (exact) mass is 358 g/mol. The molecule has 7 nitrogen and oxygen atoms in total. The van der Waals surface area contributed by atoms with Gasteiger partial charge in [-0.2, -0.15) is 4.31 Å². The number of carbonyl (C=O) groups excluding carboxylic acids is 1. The molecule has 0 aliphatic carbocycles. The maximum absolute atomic E-state index is 13.0. The summed E-state index contributed by atoms with van der Waals surface area (Å²) in [6.45, 7) is 4.99. The molecule has 0 saturated carbocycles. The van der Waals surface area contributed by atoms with E-state index in [1.807, 2.05) is 7.05 Å². The molecule has 136 valence electrons. The van der Waals surface area contributed by atoms with Crippen molar-refractivity contribution in [1.82, 2.24) is 9.62 Å². The van der Waals surface area contributed by atoms with Crippen molar-refractivity contribution in [2.24, 2.45) is 5.92 Å². The van der Waals surface area contributed by atoms with Crippen LogP contribution in [-0.4, -0.2) is 52.5 Å². The van der Waals surface area contributed by atoms with Crippen LogP contribution >= 0.6 is 0 Å². The zero-order valence-electron chi connectivity index (χ0n) is 14.7. The third kappa shape index (κ3) is 3.65. The number of nitrogens with one attached hydrogen (secondary N) is 1. The summed E-state index contributed by atoms with van der Waals surface area (Å²) in [6, 6.07) is 0. The van der Waals surface area contributed by atoms with Crippen LogP contribution in [0, 0.1) is 19.8 Å². The van der Waals surface area contributed by atoms with Crippen LogP contribution in [0.5, 0.6) is 0 Å². The number of furan rings is 1. The number of sulfonamides is 1. The standard InChI is InChI=1S/C16H26N2O5S/c1-11-14(16(19)22-4)15(12(2)23-11)24(20,21)18-9-6-13(7-10-18)5-8-17-3/h13,17H,5-10H2,1-4H3. The van der Waals surface area contributed by atoms with Crippen molar-refractivity contribution in [3.05, 3.63) is 17.1 Å². The topological polar surface area (TPSA) is 88.9 Å². The van der Waals surface area contributed by atoms with E-state index in [0.717, 1.165) is 25.8 Å². The molecule has 0 atom stereocenters. The fourth-order valence-corrected chi connectivity index (χ4v) is 5.07. The molecule has 1 aromatic rings. The van der Waals surface area contributed by atoms with Gasteiger partial charge >= 0.3 is 5.97 Å². The minimum atomic E-state index is -3.78. The Morgan fingerprint density at radius 1 is 1.29 bits per heavy atom. The lowest BCUT2D eigenvalue weighted by Crippen LogP contribution is -2.39. The van der Waals surface area contributed by atoms with Crippen LogP contribution in [0.4, 0.5) is 0 Å². The Morgan fingerprint density at radius 3 is 2.46 bits per heavy atom. The first kappa shape index (κ1) is 19.0. The summed E-state index contributed by atoms with van der Waals surface area (Å²) in [6.07, 6.45) is 2.69. The van der Waals surface area contributed by atoms with E-state index in [1.54, 1.807) is 13.8 Å². The van der Waals surface area contributed by atoms with Gasteiger partial charge in [-0.3, -0.25) is 0 Å². The first-order valence-corrected chi connectivity index (χ1v) is 9.60. The van der Waals surface area contributed by atoms with Gasteiger partial charge in [0.15, 0.2) is 0 Å². The molecule has 0 radical (unpaired) electrons. The Labute approximate surface area is 143 Å². The highest BCUT2D eigenvalue weighted by Crippen LogP contribution is 2.32. The second kappa shape index (κ2) is 7.67. The van der Waals surface area contributed by atoms with Crippen LogP contribution in [-0.2, 0) is 14.8 Å². The zero-order chi connectivity index (χ0) is 17.9. The van der Waals surface area contributed by atoms with Crippen LogP contribution in [0.25, 0.3) is 0 Å². The molecular formula is C16H26N2O5S. The van der Waals surface area contributed by atoms with Crippen molar-refractivity contribution in [3.8, 4) is 0 Å². The van der Waals surface area contributed by atoms with E-state index in [2.05, 4.69) is 5.32 Å². The highest BCUT2D eigenvalue weighted by molar-refractivity contribution is 7.89. The molecule has 1 aromatic heterocycles. The molecule has 1 saturated heterocycles. The van der Waals surface area contributed by atoms with Gasteiger partial charge in [0, 0.05) is 13.1 Å². The molecule has 0 bridgehead atoms. The fraction of sp³-hybridized carbons (Fsp3) is 0.688. The van der Waals surface area contributed by atoms with Gasteiger partial charge in [-0.1, -0.05) is 0 Å². The molecule has 1 aliphatic heterocycles. The molecule has 2 rings (SSSR count). The van der Waals surface area contributed by atoms with Crippen molar-refractivity contribution in [2.75, 3.05) is 33.8 Å². The van der Waals surface area contributed by atoms with E-state index in [9.17, 15) is 13.2 Å². The molecule has 1 fully saturated rings. The average Bonchev–Trinajstić information content (AvgIpc) is 2.87. The summed E-state index contributed by atoms with van der Waals surface area (Å²) in [5.41, 5.74) is 0.00677. The zero-order valence-corrected chi connectivity index (χ0v) is 15.5. The van der Waals surface area contributed by atoms with Gasteiger partial charge in [0.25, 0.3) is 0 Å². The number of aryl methyl sites for hydroxylation is 2. The molecule has 2 heterocycles. The molecule has 0 unspecified atom stereocenters. The summed E-state index contributed by atoms with van der Waals surface area (Å²) in [4.78, 5) is 11.9. The molecule has 0 spiro atoms. The molecule has 0 amide bonds. The number of esters is 1. The van der Waals surface area contributed by atoms with Gasteiger partial charge < -0.3 is 14.5 Å². The molecule has 0 aromatic carbocycles. The number of rotatable bonds is 6. The predicted octanol–water partition coefficient (Wildman–Crippen LogP) is 1.69. The summed E-state index contributed by atoms with van der Waals surface area (Å²) in [5, 5.41) is 3.12. The number of hydrogen-bond donors (Lipinski definition) is 1. The first-order valence-electron chi connectivity index (χ1n) is 8.16. The van der Waals surface area contributed by atoms with Crippen molar-refractivity contribution in [3.63, 3.8) is 0 Å². The third-order valence-electron chi connectivity index (χ3n) is 4.57. The van der Waals surface area contributed by atoms with Crippen molar-refractivity contribution < 1.29 is 22.4 Å². The first-order chi connectivity index (χ1) is 11.3. The number of piperidine rings is 1. The molecule has 1 N–H and O–H groups in total. The Balaban J connectivity index is 2.25. The lowest BCUT2D eigenvalue weighted by Gasteiger charge is -2.31. The molecule has 24 heavy (non-hydrogen) atoms. The van der Waals surface area contributed by atoms with E-state index in [0.29, 0.717) is 19.0 Å². The van der Waals surface area contributed by atoms with Crippen LogP contribution in [0.3, 0.4) is 0 Å². The minimum Gasteiger partial charge on any atom is -0.465 e. The van der Waals surface area contributed by atoms with Crippen LogP contribution in [0.1, 0.15) is 41.1 Å². The quantitative estimate of drug-likeness (QED) is 0.779. The smallest absolute Gasteiger partial charge is 0.342 e. The van der Waals surface area contributed by atoms with Gasteiger partial charge in [0.1, 0.15) is 22.0 Å². The van der Waals surface area contributed by atoms with Crippen molar-refractivity contribution in [2.45, 2.75) is 38.0 Å². The maximum atomic E-state index is 13.0. The number of nitrogens with zero attached hydrogens (tertiary/aromatic N) is 1. The largest absolute Gasteiger partial charge is 0.465 e. The van der Waals surface area contributed by atoms with E-state index in [1.165, 1.54) is 11.4 Å². The van der Waals surface area contributed by atoms with Crippen molar-refractivity contribution >= 4 is 16.0 Å². The Bertz CT molecular complexity index is 688. The number of ether oxygens (including phenoxy) is 1. The van der Waals surface area contributed by atoms with E-state index >= 15 is 0 Å². The van der Waals surface area contributed by atoms with Gasteiger partial charge in [-0.15, -0.1) is 0 Å². The maximum Gasteiger partial charge on any atom is 0.342 e. The fourth-order valence-electron chi connectivity index (χ4n) is 3.23. The van der Waals surface area contributed by atoms with Gasteiger partial charge in [-0.25, -0.2) is 13.2 Å². The summed E-state index contributed by atoms with van der Waals surface area (Å²) < 4.78 is 37.6. The Hall–Kier alpha value is -1.38. The van der Waals surface area contributed by atoms with Crippen LogP contribution in [0.15, 0.2) is 9.31 Å². The average molecular weight is 358 g/mol. The predicted molar refractivity (Wildman–Crippen MR) is 89.5 cm³/mol. The lowest BCUT2D eigenvalue weighted by atomic mass is 9.95. The highest BCUT2D eigenvalue weighted by Gasteiger charge is 2.37. The molecule has 1 aliphatic rings. The highest BCUT2D eigenvalue weighted by atomic mass is 32.2. The van der Waals surface area contributed by atoms with Gasteiger partial charge in [0.05, 0.1) is 7.11 Å². The molecular weight excluding hydrogens is 332 g/mol. The summed E-state index contributed by atoms with van der Waals surface area (Å²) in [5.74, 6) is 0.329. The SMILES string of the molecule is CNCCC1CCN(S(=O)(=O)c2c(C)oc(C)c2C(=O)OC)CC1. The van der Waals surface area contributed by atoms with Crippen LogP contribution in [0.2, 0.25) is 0 Å². The van der Waals surface area contributed by atoms with Gasteiger partial charge in [-0.05, 0) is 52.6 Å². The third-order valence-corrected chi connectivity index (χ3v) is 6.62. The minimum absolute atomic E-state index is 0.00677. The lowest BCUT2D eigenvalue weighted by molar-refractivity contribution is 0.0594.